The Labute approximate surface area is 93.2 Å². The zero-order chi connectivity index (χ0) is 12.1. The van der Waals surface area contributed by atoms with Crippen LogP contribution in [0.5, 0.6) is 5.75 Å². The monoisotopic (exact) mass is 223 g/mol. The Hall–Kier alpha value is -1.91. The molecule has 1 aromatic carbocycles. The van der Waals surface area contributed by atoms with Crippen molar-refractivity contribution in [2.45, 2.75) is 20.3 Å². The highest BCUT2D eigenvalue weighted by atomic mass is 16.6. The third kappa shape index (κ3) is 3.05. The Balaban J connectivity index is 2.77. The Bertz CT molecular complexity index is 414. The molecule has 0 amide bonds. The van der Waals surface area contributed by atoms with Gasteiger partial charge in [-0.05, 0) is 19.9 Å². The average molecular weight is 223 g/mol. The second-order valence-electron chi connectivity index (χ2n) is 3.46. The van der Waals surface area contributed by atoms with Gasteiger partial charge in [-0.3, -0.25) is 14.9 Å². The standard InChI is InChI=1S/C11H13NO4/c1-8(13)6-7-16-11-5-3-4-10(9(11)2)12(14)15/h3-5H,6-7H2,1-2H3. The third-order valence-corrected chi connectivity index (χ3v) is 2.16. The molecule has 0 aliphatic rings. The smallest absolute Gasteiger partial charge is 0.276 e. The van der Waals surface area contributed by atoms with Gasteiger partial charge in [0.2, 0.25) is 0 Å². The topological polar surface area (TPSA) is 69.4 Å². The molecule has 0 fully saturated rings. The molecule has 1 aromatic rings. The molecule has 0 bridgehead atoms. The molecule has 86 valence electrons. The molecule has 0 spiro atoms. The number of hydrogen-bond donors (Lipinski definition) is 0. The van der Waals surface area contributed by atoms with E-state index in [1.165, 1.54) is 13.0 Å². The molecular weight excluding hydrogens is 210 g/mol. The first kappa shape index (κ1) is 12.2. The van der Waals surface area contributed by atoms with Crippen LogP contribution in [-0.2, 0) is 4.79 Å². The Kier molecular flexibility index (Phi) is 3.99. The summed E-state index contributed by atoms with van der Waals surface area (Å²) < 4.78 is 5.31. The van der Waals surface area contributed by atoms with E-state index in [0.717, 1.165) is 0 Å². The number of ether oxygens (including phenoxy) is 1. The van der Waals surface area contributed by atoms with Crippen LogP contribution in [0.1, 0.15) is 18.9 Å². The van der Waals surface area contributed by atoms with Crippen molar-refractivity contribution in [2.75, 3.05) is 6.61 Å². The van der Waals surface area contributed by atoms with Crippen molar-refractivity contribution in [3.05, 3.63) is 33.9 Å². The summed E-state index contributed by atoms with van der Waals surface area (Å²) in [5, 5.41) is 10.7. The molecule has 16 heavy (non-hydrogen) atoms. The van der Waals surface area contributed by atoms with Gasteiger partial charge in [-0.15, -0.1) is 0 Å². The molecule has 0 aliphatic heterocycles. The fraction of sp³-hybridized carbons (Fsp3) is 0.364. The molecule has 0 aromatic heterocycles. The number of carbonyl (C=O) groups excluding carboxylic acids is 1. The second kappa shape index (κ2) is 5.25. The van der Waals surface area contributed by atoms with Gasteiger partial charge in [0.1, 0.15) is 11.5 Å². The Morgan fingerprint density at radius 3 is 2.75 bits per heavy atom. The van der Waals surface area contributed by atoms with Crippen LogP contribution in [0.4, 0.5) is 5.69 Å². The number of benzene rings is 1. The largest absolute Gasteiger partial charge is 0.493 e. The average Bonchev–Trinajstić information content (AvgIpc) is 2.19. The predicted octanol–water partition coefficient (Wildman–Crippen LogP) is 2.26. The SMILES string of the molecule is CC(=O)CCOc1cccc([N+](=O)[O-])c1C. The maximum atomic E-state index is 10.7. The van der Waals surface area contributed by atoms with Gasteiger partial charge in [-0.1, -0.05) is 6.07 Å². The molecule has 0 radical (unpaired) electrons. The van der Waals surface area contributed by atoms with E-state index in [2.05, 4.69) is 0 Å². The Morgan fingerprint density at radius 1 is 1.50 bits per heavy atom. The highest BCUT2D eigenvalue weighted by Crippen LogP contribution is 2.26. The van der Waals surface area contributed by atoms with E-state index in [-0.39, 0.29) is 18.1 Å². The van der Waals surface area contributed by atoms with Gasteiger partial charge >= 0.3 is 0 Å². The third-order valence-electron chi connectivity index (χ3n) is 2.16. The number of carbonyl (C=O) groups is 1. The molecule has 1 rings (SSSR count). The van der Waals surface area contributed by atoms with E-state index in [9.17, 15) is 14.9 Å². The predicted molar refractivity (Wildman–Crippen MR) is 58.6 cm³/mol. The number of hydrogen-bond acceptors (Lipinski definition) is 4. The van der Waals surface area contributed by atoms with Gasteiger partial charge in [-0.2, -0.15) is 0 Å². The van der Waals surface area contributed by atoms with E-state index >= 15 is 0 Å². The van der Waals surface area contributed by atoms with Crippen LogP contribution < -0.4 is 4.74 Å². The number of Topliss-reactive ketones (excluding diaryl/α,β-unsaturated/α-hetero) is 1. The molecule has 0 heterocycles. The minimum absolute atomic E-state index is 0.0281. The summed E-state index contributed by atoms with van der Waals surface area (Å²) in [5.74, 6) is 0.485. The number of ketones is 1. The van der Waals surface area contributed by atoms with E-state index in [1.54, 1.807) is 19.1 Å². The normalized spacial score (nSPS) is 9.88. The molecule has 0 saturated heterocycles. The maximum absolute atomic E-state index is 10.7. The quantitative estimate of drug-likeness (QED) is 0.567. The van der Waals surface area contributed by atoms with Crippen LogP contribution in [0.2, 0.25) is 0 Å². The lowest BCUT2D eigenvalue weighted by molar-refractivity contribution is -0.385. The summed E-state index contributed by atoms with van der Waals surface area (Å²) in [5.41, 5.74) is 0.511. The molecule has 0 saturated carbocycles. The lowest BCUT2D eigenvalue weighted by Crippen LogP contribution is -2.04. The van der Waals surface area contributed by atoms with Crippen molar-refractivity contribution in [1.29, 1.82) is 0 Å². The highest BCUT2D eigenvalue weighted by Gasteiger charge is 2.13. The van der Waals surface area contributed by atoms with Gasteiger partial charge in [0.15, 0.2) is 0 Å². The van der Waals surface area contributed by atoms with Gasteiger partial charge in [0, 0.05) is 12.5 Å². The highest BCUT2D eigenvalue weighted by molar-refractivity contribution is 5.75. The van der Waals surface area contributed by atoms with Crippen LogP contribution in [0.25, 0.3) is 0 Å². The first-order chi connectivity index (χ1) is 7.52. The second-order valence-corrected chi connectivity index (χ2v) is 3.46. The van der Waals surface area contributed by atoms with E-state index in [0.29, 0.717) is 17.7 Å². The van der Waals surface area contributed by atoms with Gasteiger partial charge in [0.05, 0.1) is 17.1 Å². The van der Waals surface area contributed by atoms with Crippen LogP contribution in [0.3, 0.4) is 0 Å². The summed E-state index contributed by atoms with van der Waals surface area (Å²) in [4.78, 5) is 20.9. The minimum Gasteiger partial charge on any atom is -0.493 e. The van der Waals surface area contributed by atoms with Crippen LogP contribution in [0.15, 0.2) is 18.2 Å². The van der Waals surface area contributed by atoms with Crippen LogP contribution in [0, 0.1) is 17.0 Å². The molecule has 5 nitrogen and oxygen atoms in total. The molecule has 0 aliphatic carbocycles. The zero-order valence-electron chi connectivity index (χ0n) is 9.23. The number of nitro groups is 1. The zero-order valence-corrected chi connectivity index (χ0v) is 9.23. The van der Waals surface area contributed by atoms with Crippen molar-refractivity contribution in [2.24, 2.45) is 0 Å². The summed E-state index contributed by atoms with van der Waals surface area (Å²) in [6, 6.07) is 4.64. The lowest BCUT2D eigenvalue weighted by Gasteiger charge is -2.07. The van der Waals surface area contributed by atoms with Crippen molar-refractivity contribution >= 4 is 11.5 Å². The fourth-order valence-corrected chi connectivity index (χ4v) is 1.26. The van der Waals surface area contributed by atoms with Gasteiger partial charge in [-0.25, -0.2) is 0 Å². The van der Waals surface area contributed by atoms with Gasteiger partial charge < -0.3 is 4.74 Å². The molecule has 5 heteroatoms. The first-order valence-corrected chi connectivity index (χ1v) is 4.88. The fourth-order valence-electron chi connectivity index (χ4n) is 1.26. The van der Waals surface area contributed by atoms with E-state index in [1.807, 2.05) is 0 Å². The van der Waals surface area contributed by atoms with Gasteiger partial charge in [0.25, 0.3) is 5.69 Å². The summed E-state index contributed by atoms with van der Waals surface area (Å²) >= 11 is 0. The first-order valence-electron chi connectivity index (χ1n) is 4.88. The van der Waals surface area contributed by atoms with Crippen LogP contribution in [-0.4, -0.2) is 17.3 Å². The van der Waals surface area contributed by atoms with Crippen molar-refractivity contribution in [3.63, 3.8) is 0 Å². The van der Waals surface area contributed by atoms with Crippen molar-refractivity contribution in [3.8, 4) is 5.75 Å². The lowest BCUT2D eigenvalue weighted by atomic mass is 10.2. The summed E-state index contributed by atoms with van der Waals surface area (Å²) in [7, 11) is 0. The van der Waals surface area contributed by atoms with Crippen LogP contribution >= 0.6 is 0 Å². The number of rotatable bonds is 5. The molecule has 0 atom stereocenters. The Morgan fingerprint density at radius 2 is 2.19 bits per heavy atom. The van der Waals surface area contributed by atoms with Crippen molar-refractivity contribution < 1.29 is 14.5 Å². The molecular formula is C11H13NO4. The minimum atomic E-state index is -0.451. The van der Waals surface area contributed by atoms with E-state index in [4.69, 9.17) is 4.74 Å². The van der Waals surface area contributed by atoms with Crippen molar-refractivity contribution in [1.82, 2.24) is 0 Å². The summed E-state index contributed by atoms with van der Waals surface area (Å²) in [6.45, 7) is 3.35. The van der Waals surface area contributed by atoms with E-state index < -0.39 is 4.92 Å². The number of nitrogens with zero attached hydrogens (tertiary/aromatic N) is 1. The molecule has 0 N–H and O–H groups in total. The maximum Gasteiger partial charge on any atom is 0.276 e. The summed E-state index contributed by atoms with van der Waals surface area (Å²) in [6.07, 6.45) is 0.308. The molecule has 0 unspecified atom stereocenters. The number of nitro benzene ring substituents is 1.